The normalized spacial score (nSPS) is 23.4. The highest BCUT2D eigenvalue weighted by Gasteiger charge is 2.47. The monoisotopic (exact) mass is 480 g/mol. The van der Waals surface area contributed by atoms with Crippen LogP contribution in [0.1, 0.15) is 19.3 Å². The van der Waals surface area contributed by atoms with Crippen molar-refractivity contribution in [3.05, 3.63) is 78.9 Å². The maximum absolute atomic E-state index is 12.9. The Kier molecular flexibility index (Phi) is 5.40. The van der Waals surface area contributed by atoms with Gasteiger partial charge >= 0.3 is 5.97 Å². The standard InChI is InChI=1S/C29H24N2O5/c32-26-16-19(17-30(26)25-11-5-7-18-6-1-2-8-22(18)25)29(35)36-21-14-12-20(13-15-21)31-27(33)23-9-3-4-10-24(23)28(31)34/h1-8,11-15,19,23-24H,9-10,16-17H2/t19-,23-,24+/m1/s1. The van der Waals surface area contributed by atoms with E-state index in [1.807, 2.05) is 54.6 Å². The molecule has 3 aliphatic rings. The number of benzene rings is 3. The van der Waals surface area contributed by atoms with Crippen molar-refractivity contribution in [1.82, 2.24) is 0 Å². The predicted octanol–water partition coefficient (Wildman–Crippen LogP) is 4.25. The fraction of sp³-hybridized carbons (Fsp3) is 0.241. The van der Waals surface area contributed by atoms with Crippen LogP contribution in [0.2, 0.25) is 0 Å². The lowest BCUT2D eigenvalue weighted by Gasteiger charge is -2.19. The van der Waals surface area contributed by atoms with Gasteiger partial charge in [0.1, 0.15) is 5.75 Å². The number of allylic oxidation sites excluding steroid dienone is 2. The molecule has 0 radical (unpaired) electrons. The fourth-order valence-electron chi connectivity index (χ4n) is 5.46. The highest BCUT2D eigenvalue weighted by molar-refractivity contribution is 6.22. The van der Waals surface area contributed by atoms with E-state index in [1.165, 1.54) is 4.90 Å². The molecular weight excluding hydrogens is 456 g/mol. The van der Waals surface area contributed by atoms with Crippen LogP contribution in [-0.4, -0.2) is 30.2 Å². The Labute approximate surface area is 207 Å². The molecule has 180 valence electrons. The summed E-state index contributed by atoms with van der Waals surface area (Å²) < 4.78 is 5.57. The molecule has 2 saturated heterocycles. The van der Waals surface area contributed by atoms with Crippen LogP contribution in [0.3, 0.4) is 0 Å². The van der Waals surface area contributed by atoms with Gasteiger partial charge in [-0.1, -0.05) is 48.6 Å². The number of esters is 1. The highest BCUT2D eigenvalue weighted by atomic mass is 16.5. The third-order valence-electron chi connectivity index (χ3n) is 7.34. The summed E-state index contributed by atoms with van der Waals surface area (Å²) in [6.45, 7) is 0.247. The molecule has 0 unspecified atom stereocenters. The lowest BCUT2D eigenvalue weighted by molar-refractivity contribution is -0.139. The van der Waals surface area contributed by atoms with Crippen molar-refractivity contribution in [2.75, 3.05) is 16.3 Å². The largest absolute Gasteiger partial charge is 0.426 e. The molecule has 0 bridgehead atoms. The Balaban J connectivity index is 1.14. The van der Waals surface area contributed by atoms with E-state index >= 15 is 0 Å². The second-order valence-electron chi connectivity index (χ2n) is 9.49. The van der Waals surface area contributed by atoms with Gasteiger partial charge in [0, 0.05) is 18.4 Å². The first-order chi connectivity index (χ1) is 17.5. The van der Waals surface area contributed by atoms with Crippen LogP contribution in [-0.2, 0) is 19.2 Å². The summed E-state index contributed by atoms with van der Waals surface area (Å²) >= 11 is 0. The summed E-state index contributed by atoms with van der Waals surface area (Å²) in [5, 5.41) is 1.99. The van der Waals surface area contributed by atoms with E-state index in [0.717, 1.165) is 16.5 Å². The molecule has 7 nitrogen and oxygen atoms in total. The Morgan fingerprint density at radius 1 is 0.806 bits per heavy atom. The van der Waals surface area contributed by atoms with Crippen molar-refractivity contribution in [3.63, 3.8) is 0 Å². The zero-order valence-electron chi connectivity index (χ0n) is 19.5. The van der Waals surface area contributed by atoms with Gasteiger partial charge in [0.05, 0.1) is 29.1 Å². The number of anilines is 2. The molecule has 0 aromatic heterocycles. The van der Waals surface area contributed by atoms with Gasteiger partial charge in [-0.15, -0.1) is 0 Å². The summed E-state index contributed by atoms with van der Waals surface area (Å²) in [6, 6.07) is 20.0. The van der Waals surface area contributed by atoms with Crippen LogP contribution < -0.4 is 14.5 Å². The molecule has 2 aliphatic heterocycles. The summed E-state index contributed by atoms with van der Waals surface area (Å²) in [5.41, 5.74) is 1.26. The molecule has 3 atom stereocenters. The van der Waals surface area contributed by atoms with Crippen molar-refractivity contribution in [3.8, 4) is 5.75 Å². The first kappa shape index (κ1) is 22.2. The molecular formula is C29H24N2O5. The van der Waals surface area contributed by atoms with Crippen molar-refractivity contribution < 1.29 is 23.9 Å². The second-order valence-corrected chi connectivity index (χ2v) is 9.49. The first-order valence-corrected chi connectivity index (χ1v) is 12.1. The topological polar surface area (TPSA) is 84.0 Å². The number of nitrogens with zero attached hydrogens (tertiary/aromatic N) is 2. The van der Waals surface area contributed by atoms with Crippen LogP contribution in [0.25, 0.3) is 10.8 Å². The van der Waals surface area contributed by atoms with E-state index in [1.54, 1.807) is 29.2 Å². The summed E-state index contributed by atoms with van der Waals surface area (Å²) in [5.74, 6) is -1.86. The van der Waals surface area contributed by atoms with Gasteiger partial charge in [-0.2, -0.15) is 0 Å². The van der Waals surface area contributed by atoms with Crippen molar-refractivity contribution in [2.45, 2.75) is 19.3 Å². The third kappa shape index (κ3) is 3.68. The van der Waals surface area contributed by atoms with Crippen molar-refractivity contribution >= 4 is 45.8 Å². The zero-order chi connectivity index (χ0) is 24.8. The zero-order valence-corrected chi connectivity index (χ0v) is 19.5. The van der Waals surface area contributed by atoms with Crippen LogP contribution >= 0.6 is 0 Å². The Morgan fingerprint density at radius 3 is 2.19 bits per heavy atom. The van der Waals surface area contributed by atoms with E-state index in [4.69, 9.17) is 4.74 Å². The maximum Gasteiger partial charge on any atom is 0.316 e. The Morgan fingerprint density at radius 2 is 1.47 bits per heavy atom. The van der Waals surface area contributed by atoms with Gasteiger partial charge in [-0.3, -0.25) is 24.1 Å². The van der Waals surface area contributed by atoms with Gasteiger partial charge in [-0.05, 0) is 48.6 Å². The first-order valence-electron chi connectivity index (χ1n) is 12.1. The van der Waals surface area contributed by atoms with Crippen LogP contribution in [0.4, 0.5) is 11.4 Å². The van der Waals surface area contributed by atoms with E-state index in [2.05, 4.69) is 0 Å². The third-order valence-corrected chi connectivity index (χ3v) is 7.34. The maximum atomic E-state index is 12.9. The van der Waals surface area contributed by atoms with Gasteiger partial charge in [0.25, 0.3) is 0 Å². The van der Waals surface area contributed by atoms with Crippen LogP contribution in [0.15, 0.2) is 78.9 Å². The number of fused-ring (bicyclic) bond motifs is 2. The molecule has 2 heterocycles. The molecule has 2 fully saturated rings. The van der Waals surface area contributed by atoms with Gasteiger partial charge < -0.3 is 9.64 Å². The number of hydrogen-bond donors (Lipinski definition) is 0. The van der Waals surface area contributed by atoms with Gasteiger partial charge in [0.15, 0.2) is 0 Å². The molecule has 0 spiro atoms. The molecule has 3 aromatic carbocycles. The van der Waals surface area contributed by atoms with Crippen molar-refractivity contribution in [1.29, 1.82) is 0 Å². The number of ether oxygens (including phenoxy) is 1. The number of hydrogen-bond acceptors (Lipinski definition) is 5. The lowest BCUT2D eigenvalue weighted by atomic mass is 9.85. The summed E-state index contributed by atoms with van der Waals surface area (Å²) in [7, 11) is 0. The molecule has 1 aliphatic carbocycles. The minimum Gasteiger partial charge on any atom is -0.426 e. The van der Waals surface area contributed by atoms with Crippen LogP contribution in [0, 0.1) is 17.8 Å². The lowest BCUT2D eigenvalue weighted by Crippen LogP contribution is -2.30. The SMILES string of the molecule is O=C(Oc1ccc(N2C(=O)[C@H]3CC=CC[C@H]3C2=O)cc1)[C@@H]1CC(=O)N(c2cccc3ccccc23)C1. The van der Waals surface area contributed by atoms with Gasteiger partial charge in [-0.25, -0.2) is 0 Å². The minimum atomic E-state index is -0.589. The van der Waals surface area contributed by atoms with E-state index in [9.17, 15) is 19.2 Å². The number of rotatable bonds is 4. The minimum absolute atomic E-state index is 0.0771. The second kappa shape index (κ2) is 8.75. The quantitative estimate of drug-likeness (QED) is 0.241. The van der Waals surface area contributed by atoms with Gasteiger partial charge in [0.2, 0.25) is 17.7 Å². The average molecular weight is 481 g/mol. The van der Waals surface area contributed by atoms with Crippen LogP contribution in [0.5, 0.6) is 5.75 Å². The molecule has 36 heavy (non-hydrogen) atoms. The van der Waals surface area contributed by atoms with E-state index in [0.29, 0.717) is 24.3 Å². The number of carbonyl (C=O) groups excluding carboxylic acids is 4. The average Bonchev–Trinajstić information content (AvgIpc) is 3.41. The molecule has 0 saturated carbocycles. The molecule has 3 aromatic rings. The highest BCUT2D eigenvalue weighted by Crippen LogP contribution is 2.38. The molecule has 7 heteroatoms. The van der Waals surface area contributed by atoms with Crippen molar-refractivity contribution in [2.24, 2.45) is 17.8 Å². The Bertz CT molecular complexity index is 1400. The smallest absolute Gasteiger partial charge is 0.316 e. The molecule has 3 amide bonds. The summed E-state index contributed by atoms with van der Waals surface area (Å²) in [4.78, 5) is 54.2. The van der Waals surface area contributed by atoms with E-state index < -0.39 is 11.9 Å². The number of amides is 3. The fourth-order valence-corrected chi connectivity index (χ4v) is 5.46. The number of imide groups is 1. The molecule has 0 N–H and O–H groups in total. The summed E-state index contributed by atoms with van der Waals surface area (Å²) in [6.07, 6.45) is 5.14. The van der Waals surface area contributed by atoms with E-state index in [-0.39, 0.29) is 42.5 Å². The molecule has 6 rings (SSSR count). The predicted molar refractivity (Wildman–Crippen MR) is 134 cm³/mol. The number of carbonyl (C=O) groups is 4. The Hall–Kier alpha value is -4.26.